The van der Waals surface area contributed by atoms with Gasteiger partial charge in [0.05, 0.1) is 5.69 Å². The summed E-state index contributed by atoms with van der Waals surface area (Å²) in [6, 6.07) is 15.5. The molecule has 4 aromatic rings. The number of rotatable bonds is 7. The van der Waals surface area contributed by atoms with Gasteiger partial charge in [-0.25, -0.2) is 9.18 Å². The average Bonchev–Trinajstić information content (AvgIpc) is 3.18. The van der Waals surface area contributed by atoms with Crippen LogP contribution in [0, 0.1) is 12.7 Å². The van der Waals surface area contributed by atoms with Gasteiger partial charge in [0.15, 0.2) is 11.6 Å². The molecule has 0 unspecified atom stereocenters. The number of hydrogen-bond acceptors (Lipinski definition) is 3. The van der Waals surface area contributed by atoms with Crippen molar-refractivity contribution in [2.75, 3.05) is 11.9 Å². The number of para-hydroxylation sites is 1. The minimum absolute atomic E-state index is 0.103. The zero-order chi connectivity index (χ0) is 21.6. The smallest absolute Gasteiger partial charge is 0.319 e. The van der Waals surface area contributed by atoms with Crippen LogP contribution in [-0.2, 0) is 13.0 Å². The number of amides is 2. The van der Waals surface area contributed by atoms with Crippen molar-refractivity contribution in [2.45, 2.75) is 20.0 Å². The molecular formula is C24H23FN4O2. The molecule has 158 valence electrons. The summed E-state index contributed by atoms with van der Waals surface area (Å²) in [4.78, 5) is 19.6. The normalized spacial score (nSPS) is 10.8. The van der Waals surface area contributed by atoms with E-state index >= 15 is 0 Å². The van der Waals surface area contributed by atoms with E-state index in [9.17, 15) is 9.18 Å². The van der Waals surface area contributed by atoms with Crippen molar-refractivity contribution in [3.63, 3.8) is 0 Å². The highest BCUT2D eigenvalue weighted by atomic mass is 19.1. The molecule has 2 amide bonds. The first-order valence-corrected chi connectivity index (χ1v) is 10.0. The number of anilines is 1. The molecule has 2 aromatic heterocycles. The molecule has 0 bridgehead atoms. The zero-order valence-corrected chi connectivity index (χ0v) is 17.1. The van der Waals surface area contributed by atoms with Crippen LogP contribution in [0.25, 0.3) is 10.9 Å². The van der Waals surface area contributed by atoms with Crippen LogP contribution in [0.4, 0.5) is 14.9 Å². The van der Waals surface area contributed by atoms with E-state index in [1.165, 1.54) is 17.7 Å². The maximum absolute atomic E-state index is 14.3. The largest absolute Gasteiger partial charge is 0.484 e. The number of aromatic nitrogens is 2. The molecule has 0 atom stereocenters. The van der Waals surface area contributed by atoms with Crippen LogP contribution >= 0.6 is 0 Å². The third-order valence-electron chi connectivity index (χ3n) is 4.98. The van der Waals surface area contributed by atoms with Gasteiger partial charge in [0, 0.05) is 41.6 Å². The molecule has 0 radical (unpaired) electrons. The van der Waals surface area contributed by atoms with Crippen LogP contribution in [0.1, 0.15) is 16.8 Å². The van der Waals surface area contributed by atoms with Gasteiger partial charge in [-0.05, 0) is 48.7 Å². The van der Waals surface area contributed by atoms with E-state index in [-0.39, 0.29) is 12.4 Å². The number of benzene rings is 2. The van der Waals surface area contributed by atoms with Gasteiger partial charge in [-0.1, -0.05) is 24.3 Å². The number of hydrogen-bond donors (Lipinski definition) is 3. The first kappa shape index (κ1) is 20.4. The molecule has 2 heterocycles. The molecule has 4 rings (SSSR count). The predicted octanol–water partition coefficient (Wildman–Crippen LogP) is 4.95. The number of aryl methyl sites for hydroxylation is 1. The molecule has 0 aliphatic heterocycles. The Morgan fingerprint density at radius 2 is 2.06 bits per heavy atom. The maximum Gasteiger partial charge on any atom is 0.319 e. The zero-order valence-electron chi connectivity index (χ0n) is 17.1. The van der Waals surface area contributed by atoms with Crippen LogP contribution in [0.15, 0.2) is 67.0 Å². The van der Waals surface area contributed by atoms with E-state index in [1.54, 1.807) is 24.4 Å². The lowest BCUT2D eigenvalue weighted by Gasteiger charge is -2.10. The second-order valence-electron chi connectivity index (χ2n) is 7.20. The van der Waals surface area contributed by atoms with Gasteiger partial charge in [-0.15, -0.1) is 0 Å². The van der Waals surface area contributed by atoms with Crippen LogP contribution in [-0.4, -0.2) is 22.5 Å². The Morgan fingerprint density at radius 1 is 1.16 bits per heavy atom. The van der Waals surface area contributed by atoms with Gasteiger partial charge in [-0.2, -0.15) is 0 Å². The molecule has 0 saturated carbocycles. The second kappa shape index (κ2) is 9.30. The molecule has 0 aliphatic rings. The minimum atomic E-state index is -0.553. The highest BCUT2D eigenvalue weighted by Gasteiger charge is 2.09. The first-order chi connectivity index (χ1) is 15.1. The minimum Gasteiger partial charge on any atom is -0.484 e. The standard InChI is InChI=1S/C24H23FN4O2/c1-16-5-4-7-20-17(14-28-23(16)20)10-12-27-24(30)29-18-8-9-22(21(25)13-18)31-15-19-6-2-3-11-26-19/h2-9,11,13-14,28H,10,12,15H2,1H3,(H2,27,29,30). The summed E-state index contributed by atoms with van der Waals surface area (Å²) < 4.78 is 19.8. The number of nitrogens with one attached hydrogen (secondary N) is 3. The fourth-order valence-corrected chi connectivity index (χ4v) is 3.39. The van der Waals surface area contributed by atoms with Gasteiger partial charge in [-0.3, -0.25) is 4.98 Å². The fourth-order valence-electron chi connectivity index (χ4n) is 3.39. The highest BCUT2D eigenvalue weighted by molar-refractivity contribution is 5.89. The number of halogens is 1. The summed E-state index contributed by atoms with van der Waals surface area (Å²) in [6.45, 7) is 2.68. The topological polar surface area (TPSA) is 79.0 Å². The first-order valence-electron chi connectivity index (χ1n) is 10.0. The fraction of sp³-hybridized carbons (Fsp3) is 0.167. The number of urea groups is 1. The van der Waals surface area contributed by atoms with Gasteiger partial charge >= 0.3 is 6.03 Å². The maximum atomic E-state index is 14.3. The van der Waals surface area contributed by atoms with E-state index < -0.39 is 11.8 Å². The number of carbonyl (C=O) groups excluding carboxylic acids is 1. The molecule has 0 aliphatic carbocycles. The quantitative estimate of drug-likeness (QED) is 0.397. The van der Waals surface area contributed by atoms with Crippen molar-refractivity contribution in [3.8, 4) is 5.75 Å². The summed E-state index contributed by atoms with van der Waals surface area (Å²) in [6.07, 6.45) is 4.31. The molecular weight excluding hydrogens is 395 g/mol. The molecule has 0 fully saturated rings. The summed E-state index contributed by atoms with van der Waals surface area (Å²) in [5.41, 5.74) is 4.49. The lowest BCUT2D eigenvalue weighted by atomic mass is 10.1. The van der Waals surface area contributed by atoms with Crippen LogP contribution in [0.3, 0.4) is 0 Å². The molecule has 0 saturated heterocycles. The molecule has 31 heavy (non-hydrogen) atoms. The Hall–Kier alpha value is -3.87. The van der Waals surface area contributed by atoms with Crippen molar-refractivity contribution < 1.29 is 13.9 Å². The second-order valence-corrected chi connectivity index (χ2v) is 7.20. The number of H-pyrrole nitrogens is 1. The SMILES string of the molecule is Cc1cccc2c(CCNC(=O)Nc3ccc(OCc4ccccn4)c(F)c3)c[nH]c12. The van der Waals surface area contributed by atoms with E-state index in [4.69, 9.17) is 4.74 Å². The number of fused-ring (bicyclic) bond motifs is 1. The molecule has 0 spiro atoms. The lowest BCUT2D eigenvalue weighted by Crippen LogP contribution is -2.30. The Labute approximate surface area is 179 Å². The van der Waals surface area contributed by atoms with Gasteiger partial charge < -0.3 is 20.4 Å². The van der Waals surface area contributed by atoms with Crippen molar-refractivity contribution in [1.29, 1.82) is 0 Å². The van der Waals surface area contributed by atoms with Crippen molar-refractivity contribution >= 4 is 22.6 Å². The molecule has 7 heteroatoms. The van der Waals surface area contributed by atoms with Gasteiger partial charge in [0.1, 0.15) is 6.61 Å². The number of pyridine rings is 1. The van der Waals surface area contributed by atoms with Crippen LogP contribution in [0.2, 0.25) is 0 Å². The summed E-state index contributed by atoms with van der Waals surface area (Å²) in [5, 5.41) is 6.61. The number of ether oxygens (including phenoxy) is 1. The van der Waals surface area contributed by atoms with E-state index in [0.29, 0.717) is 24.3 Å². The van der Waals surface area contributed by atoms with Crippen molar-refractivity contribution in [3.05, 3.63) is 89.6 Å². The summed E-state index contributed by atoms with van der Waals surface area (Å²) in [7, 11) is 0. The molecule has 2 aromatic carbocycles. The lowest BCUT2D eigenvalue weighted by molar-refractivity contribution is 0.252. The third kappa shape index (κ3) is 5.01. The average molecular weight is 418 g/mol. The van der Waals surface area contributed by atoms with Crippen LogP contribution in [0.5, 0.6) is 5.75 Å². The Morgan fingerprint density at radius 3 is 2.87 bits per heavy atom. The van der Waals surface area contributed by atoms with E-state index in [1.807, 2.05) is 18.3 Å². The Kier molecular flexibility index (Phi) is 6.12. The molecule has 3 N–H and O–H groups in total. The van der Waals surface area contributed by atoms with Gasteiger partial charge in [0.2, 0.25) is 0 Å². The number of aromatic amines is 1. The Bertz CT molecular complexity index is 1190. The highest BCUT2D eigenvalue weighted by Crippen LogP contribution is 2.23. The number of nitrogens with zero attached hydrogens (tertiary/aromatic N) is 1. The monoisotopic (exact) mass is 418 g/mol. The third-order valence-corrected chi connectivity index (χ3v) is 4.98. The number of carbonyl (C=O) groups is 1. The van der Waals surface area contributed by atoms with Crippen LogP contribution < -0.4 is 15.4 Å². The van der Waals surface area contributed by atoms with Crippen molar-refractivity contribution in [2.24, 2.45) is 0 Å². The summed E-state index contributed by atoms with van der Waals surface area (Å²) >= 11 is 0. The Balaban J connectivity index is 1.28. The van der Waals surface area contributed by atoms with Gasteiger partial charge in [0.25, 0.3) is 0 Å². The van der Waals surface area contributed by atoms with Crippen molar-refractivity contribution in [1.82, 2.24) is 15.3 Å². The molecule has 6 nitrogen and oxygen atoms in total. The van der Waals surface area contributed by atoms with E-state index in [2.05, 4.69) is 39.7 Å². The predicted molar refractivity (Wildman–Crippen MR) is 119 cm³/mol. The summed E-state index contributed by atoms with van der Waals surface area (Å²) in [5.74, 6) is -0.450. The van der Waals surface area contributed by atoms with E-state index in [0.717, 1.165) is 16.5 Å².